The van der Waals surface area contributed by atoms with E-state index in [-0.39, 0.29) is 23.3 Å². The van der Waals surface area contributed by atoms with Crippen LogP contribution in [0.15, 0.2) is 47.4 Å². The Bertz CT molecular complexity index is 1180. The van der Waals surface area contributed by atoms with E-state index in [1.807, 2.05) is 0 Å². The fraction of sp³-hybridized carbons (Fsp3) is 0.440. The van der Waals surface area contributed by atoms with Crippen LogP contribution in [0.4, 0.5) is 14.5 Å². The number of sulfonamides is 1. The maximum absolute atomic E-state index is 13.5. The molecule has 35 heavy (non-hydrogen) atoms. The van der Waals surface area contributed by atoms with Crippen LogP contribution in [0.1, 0.15) is 50.4 Å². The van der Waals surface area contributed by atoms with Crippen molar-refractivity contribution in [3.8, 4) is 0 Å². The SMILES string of the molecule is CC1CCC(C(C)C)C(OC(=O)COC(=O)c2ccccc2NS(=O)(=O)c2ccc(F)c(F)c2)C1. The minimum atomic E-state index is -4.33. The molecule has 10 heteroatoms. The molecule has 1 aliphatic rings. The van der Waals surface area contributed by atoms with E-state index >= 15 is 0 Å². The highest BCUT2D eigenvalue weighted by atomic mass is 32.2. The average Bonchev–Trinajstić information content (AvgIpc) is 2.79. The van der Waals surface area contributed by atoms with E-state index < -0.39 is 45.1 Å². The maximum atomic E-state index is 13.5. The van der Waals surface area contributed by atoms with E-state index in [0.717, 1.165) is 25.3 Å². The van der Waals surface area contributed by atoms with Gasteiger partial charge in [-0.05, 0) is 60.9 Å². The summed E-state index contributed by atoms with van der Waals surface area (Å²) in [6, 6.07) is 7.70. The number of ether oxygens (including phenoxy) is 2. The molecule has 2 aromatic rings. The van der Waals surface area contributed by atoms with Crippen LogP contribution in [0.2, 0.25) is 0 Å². The molecule has 1 N–H and O–H groups in total. The van der Waals surface area contributed by atoms with Gasteiger partial charge in [-0.25, -0.2) is 26.8 Å². The molecular weight excluding hydrogens is 480 g/mol. The molecule has 3 unspecified atom stereocenters. The lowest BCUT2D eigenvalue weighted by Gasteiger charge is -2.36. The van der Waals surface area contributed by atoms with Gasteiger partial charge in [0.15, 0.2) is 18.2 Å². The molecule has 3 rings (SSSR count). The zero-order valence-electron chi connectivity index (χ0n) is 19.8. The normalized spacial score (nSPS) is 20.3. The second kappa shape index (κ2) is 11.2. The highest BCUT2D eigenvalue weighted by molar-refractivity contribution is 7.92. The van der Waals surface area contributed by atoms with Crippen molar-refractivity contribution in [1.29, 1.82) is 0 Å². The van der Waals surface area contributed by atoms with Crippen molar-refractivity contribution in [2.24, 2.45) is 17.8 Å². The van der Waals surface area contributed by atoms with Crippen LogP contribution in [-0.2, 0) is 24.3 Å². The van der Waals surface area contributed by atoms with Gasteiger partial charge < -0.3 is 9.47 Å². The smallest absolute Gasteiger partial charge is 0.344 e. The van der Waals surface area contributed by atoms with E-state index in [1.54, 1.807) is 0 Å². The van der Waals surface area contributed by atoms with Crippen LogP contribution in [0.5, 0.6) is 0 Å². The van der Waals surface area contributed by atoms with Gasteiger partial charge in [-0.15, -0.1) is 0 Å². The molecule has 1 saturated carbocycles. The third kappa shape index (κ3) is 6.78. The summed E-state index contributed by atoms with van der Waals surface area (Å²) >= 11 is 0. The lowest BCUT2D eigenvalue weighted by Crippen LogP contribution is -2.36. The van der Waals surface area contributed by atoms with E-state index in [0.29, 0.717) is 24.0 Å². The van der Waals surface area contributed by atoms with Crippen molar-refractivity contribution in [1.82, 2.24) is 0 Å². The Hall–Kier alpha value is -3.01. The van der Waals surface area contributed by atoms with E-state index in [4.69, 9.17) is 9.47 Å². The Morgan fingerprint density at radius 3 is 2.49 bits per heavy atom. The van der Waals surface area contributed by atoms with E-state index in [2.05, 4.69) is 25.5 Å². The minimum Gasteiger partial charge on any atom is -0.460 e. The van der Waals surface area contributed by atoms with E-state index in [9.17, 15) is 26.8 Å². The first-order chi connectivity index (χ1) is 16.5. The fourth-order valence-corrected chi connectivity index (χ4v) is 5.34. The van der Waals surface area contributed by atoms with E-state index in [1.165, 1.54) is 24.3 Å². The fourth-order valence-electron chi connectivity index (χ4n) is 4.25. The van der Waals surface area contributed by atoms with Gasteiger partial charge in [0, 0.05) is 0 Å². The van der Waals surface area contributed by atoms with Gasteiger partial charge in [0.05, 0.1) is 16.1 Å². The number of nitrogens with one attached hydrogen (secondary N) is 1. The molecular formula is C25H29F2NO6S. The first kappa shape index (κ1) is 26.6. The first-order valence-corrected chi connectivity index (χ1v) is 12.9. The summed E-state index contributed by atoms with van der Waals surface area (Å²) in [5, 5.41) is 0. The Kier molecular flexibility index (Phi) is 8.47. The third-order valence-electron chi connectivity index (χ3n) is 6.16. The lowest BCUT2D eigenvalue weighted by atomic mass is 9.75. The molecule has 1 fully saturated rings. The molecule has 0 heterocycles. The van der Waals surface area contributed by atoms with Crippen LogP contribution in [0, 0.1) is 29.4 Å². The number of rotatable bonds is 8. The van der Waals surface area contributed by atoms with Gasteiger partial charge in [0.2, 0.25) is 0 Å². The Morgan fingerprint density at radius 1 is 1.09 bits per heavy atom. The Balaban J connectivity index is 1.66. The second-order valence-corrected chi connectivity index (χ2v) is 10.8. The van der Waals surface area contributed by atoms with Gasteiger partial charge in [-0.1, -0.05) is 39.3 Å². The third-order valence-corrected chi connectivity index (χ3v) is 7.52. The lowest BCUT2D eigenvalue weighted by molar-refractivity contribution is -0.159. The molecule has 1 aliphatic carbocycles. The molecule has 0 bridgehead atoms. The van der Waals surface area contributed by atoms with Crippen molar-refractivity contribution >= 4 is 27.6 Å². The summed E-state index contributed by atoms with van der Waals surface area (Å²) in [7, 11) is -4.33. The van der Waals surface area contributed by atoms with Gasteiger partial charge in [0.1, 0.15) is 6.10 Å². The van der Waals surface area contributed by atoms with Crippen molar-refractivity contribution in [2.45, 2.75) is 51.0 Å². The van der Waals surface area contributed by atoms with Crippen LogP contribution >= 0.6 is 0 Å². The number of hydrogen-bond donors (Lipinski definition) is 1. The van der Waals surface area contributed by atoms with Crippen LogP contribution < -0.4 is 4.72 Å². The summed E-state index contributed by atoms with van der Waals surface area (Å²) < 4.78 is 64.8. The highest BCUT2D eigenvalue weighted by Crippen LogP contribution is 2.35. The summed E-state index contributed by atoms with van der Waals surface area (Å²) in [6.07, 6.45) is 2.53. The number of anilines is 1. The number of hydrogen-bond acceptors (Lipinski definition) is 6. The Labute approximate surface area is 203 Å². The quantitative estimate of drug-likeness (QED) is 0.507. The van der Waals surface area contributed by atoms with Gasteiger partial charge in [-0.2, -0.15) is 0 Å². The molecule has 3 atom stereocenters. The molecule has 2 aromatic carbocycles. The van der Waals surface area contributed by atoms with Crippen molar-refractivity contribution in [2.75, 3.05) is 11.3 Å². The largest absolute Gasteiger partial charge is 0.460 e. The molecule has 190 valence electrons. The maximum Gasteiger partial charge on any atom is 0.344 e. The number of para-hydroxylation sites is 1. The summed E-state index contributed by atoms with van der Waals surface area (Å²) in [6.45, 7) is 5.65. The highest BCUT2D eigenvalue weighted by Gasteiger charge is 2.33. The van der Waals surface area contributed by atoms with Crippen LogP contribution in [-0.4, -0.2) is 33.1 Å². The molecule has 0 aliphatic heterocycles. The molecule has 0 amide bonds. The Morgan fingerprint density at radius 2 is 1.80 bits per heavy atom. The zero-order valence-corrected chi connectivity index (χ0v) is 20.6. The minimum absolute atomic E-state index is 0.142. The summed E-state index contributed by atoms with van der Waals surface area (Å²) in [4.78, 5) is 24.5. The topological polar surface area (TPSA) is 98.8 Å². The van der Waals surface area contributed by atoms with Crippen molar-refractivity contribution in [3.63, 3.8) is 0 Å². The molecule has 7 nitrogen and oxygen atoms in total. The van der Waals surface area contributed by atoms with Crippen LogP contribution in [0.3, 0.4) is 0 Å². The van der Waals surface area contributed by atoms with Crippen molar-refractivity contribution in [3.05, 3.63) is 59.7 Å². The van der Waals surface area contributed by atoms with Gasteiger partial charge in [0.25, 0.3) is 10.0 Å². The van der Waals surface area contributed by atoms with Crippen LogP contribution in [0.25, 0.3) is 0 Å². The molecule has 0 spiro atoms. The summed E-state index contributed by atoms with van der Waals surface area (Å²) in [5.41, 5.74) is -0.297. The van der Waals surface area contributed by atoms with Gasteiger partial charge >= 0.3 is 11.9 Å². The number of esters is 2. The summed E-state index contributed by atoms with van der Waals surface area (Å²) in [5.74, 6) is -3.13. The molecule has 0 saturated heterocycles. The monoisotopic (exact) mass is 509 g/mol. The van der Waals surface area contributed by atoms with Gasteiger partial charge in [-0.3, -0.25) is 4.72 Å². The number of halogens is 2. The number of carbonyl (C=O) groups is 2. The standard InChI is InChI=1S/C25H29F2NO6S/c1-15(2)18-10-8-16(3)12-23(18)34-24(29)14-33-25(30)19-6-4-5-7-22(19)28-35(31,32)17-9-11-20(26)21(27)13-17/h4-7,9,11,13,15-16,18,23,28H,8,10,12,14H2,1-3H3. The molecule has 0 aromatic heterocycles. The zero-order chi connectivity index (χ0) is 25.8. The average molecular weight is 510 g/mol. The predicted molar refractivity (Wildman–Crippen MR) is 125 cm³/mol. The first-order valence-electron chi connectivity index (χ1n) is 11.4. The predicted octanol–water partition coefficient (Wildman–Crippen LogP) is 4.93. The second-order valence-electron chi connectivity index (χ2n) is 9.16. The molecule has 0 radical (unpaired) electrons. The van der Waals surface area contributed by atoms with Crippen molar-refractivity contribution < 1.29 is 36.3 Å². The number of carbonyl (C=O) groups excluding carboxylic acids is 2. The number of benzene rings is 2.